The van der Waals surface area contributed by atoms with Crippen LogP contribution in [0.1, 0.15) is 50.2 Å². The lowest BCUT2D eigenvalue weighted by molar-refractivity contribution is -0.138. The minimum Gasteiger partial charge on any atom is -0.463 e. The topological polar surface area (TPSA) is 46.6 Å². The van der Waals surface area contributed by atoms with Crippen molar-refractivity contribution < 1.29 is 18.7 Å². The summed E-state index contributed by atoms with van der Waals surface area (Å²) in [5.41, 5.74) is 2.86. The highest BCUT2D eigenvalue weighted by atomic mass is 19.1. The summed E-state index contributed by atoms with van der Waals surface area (Å²) in [7, 11) is 0. The van der Waals surface area contributed by atoms with E-state index < -0.39 is 0 Å². The van der Waals surface area contributed by atoms with E-state index in [0.29, 0.717) is 50.0 Å². The van der Waals surface area contributed by atoms with Gasteiger partial charge in [-0.05, 0) is 49.4 Å². The second kappa shape index (κ2) is 6.75. The standard InChI is InChI=1S/C19H22FNO3/c1-3-21-11-14(19(23)24-4-2)7-13-9-17(20)16(10-18(13)21)12-5-6-15(22)8-12/h9-12H,3-8H2,1-2H3. The first-order valence-electron chi connectivity index (χ1n) is 8.52. The third kappa shape index (κ3) is 3.07. The normalized spacial score (nSPS) is 20.0. The Hall–Kier alpha value is -2.17. The molecule has 2 aliphatic rings. The molecular formula is C19H22FNO3. The largest absolute Gasteiger partial charge is 0.463 e. The van der Waals surface area contributed by atoms with Gasteiger partial charge in [0, 0.05) is 37.7 Å². The van der Waals surface area contributed by atoms with Crippen molar-refractivity contribution in [2.24, 2.45) is 0 Å². The maximum absolute atomic E-state index is 14.6. The van der Waals surface area contributed by atoms with Crippen LogP contribution in [0, 0.1) is 5.82 Å². The molecule has 0 radical (unpaired) electrons. The van der Waals surface area contributed by atoms with Gasteiger partial charge in [0.15, 0.2) is 0 Å². The quantitative estimate of drug-likeness (QED) is 0.792. The average molecular weight is 331 g/mol. The van der Waals surface area contributed by atoms with Crippen LogP contribution in [-0.2, 0) is 20.7 Å². The highest BCUT2D eigenvalue weighted by molar-refractivity contribution is 5.91. The molecule has 1 aliphatic heterocycles. The SMILES string of the molecule is CCOC(=O)C1=CN(CC)c2cc(C3CCC(=O)C3)c(F)cc2C1. The molecule has 1 saturated carbocycles. The van der Waals surface area contributed by atoms with Gasteiger partial charge >= 0.3 is 5.97 Å². The monoisotopic (exact) mass is 331 g/mol. The van der Waals surface area contributed by atoms with E-state index in [4.69, 9.17) is 4.74 Å². The summed E-state index contributed by atoms with van der Waals surface area (Å²) >= 11 is 0. The van der Waals surface area contributed by atoms with E-state index >= 15 is 0 Å². The number of hydrogen-bond acceptors (Lipinski definition) is 4. The highest BCUT2D eigenvalue weighted by Gasteiger charge is 2.29. The Balaban J connectivity index is 1.95. The summed E-state index contributed by atoms with van der Waals surface area (Å²) in [6.45, 7) is 4.74. The van der Waals surface area contributed by atoms with Crippen molar-refractivity contribution in [3.8, 4) is 0 Å². The van der Waals surface area contributed by atoms with Gasteiger partial charge in [-0.3, -0.25) is 4.79 Å². The van der Waals surface area contributed by atoms with Crippen molar-refractivity contribution >= 4 is 17.4 Å². The molecule has 5 heteroatoms. The fourth-order valence-corrected chi connectivity index (χ4v) is 3.54. The molecule has 1 atom stereocenters. The summed E-state index contributed by atoms with van der Waals surface area (Å²) in [5, 5.41) is 0. The lowest BCUT2D eigenvalue weighted by Crippen LogP contribution is -2.25. The third-order valence-corrected chi connectivity index (χ3v) is 4.76. The number of rotatable bonds is 4. The number of nitrogens with zero attached hydrogens (tertiary/aromatic N) is 1. The van der Waals surface area contributed by atoms with E-state index in [1.54, 1.807) is 13.1 Å². The second-order valence-electron chi connectivity index (χ2n) is 6.32. The first-order valence-corrected chi connectivity index (χ1v) is 8.52. The summed E-state index contributed by atoms with van der Waals surface area (Å²) in [6.07, 6.45) is 3.83. The summed E-state index contributed by atoms with van der Waals surface area (Å²) < 4.78 is 19.7. The molecule has 128 valence electrons. The number of ketones is 1. The molecule has 0 aromatic heterocycles. The maximum Gasteiger partial charge on any atom is 0.335 e. The zero-order valence-corrected chi connectivity index (χ0v) is 14.1. The second-order valence-corrected chi connectivity index (χ2v) is 6.32. The molecule has 0 spiro atoms. The summed E-state index contributed by atoms with van der Waals surface area (Å²) in [6, 6.07) is 3.37. The van der Waals surface area contributed by atoms with Crippen LogP contribution in [0.25, 0.3) is 0 Å². The molecule has 1 fully saturated rings. The molecular weight excluding hydrogens is 309 g/mol. The Morgan fingerprint density at radius 2 is 2.17 bits per heavy atom. The number of ether oxygens (including phenoxy) is 1. The first kappa shape index (κ1) is 16.7. The molecule has 0 saturated heterocycles. The van der Waals surface area contributed by atoms with Gasteiger partial charge in [0.25, 0.3) is 0 Å². The molecule has 1 aromatic rings. The predicted molar refractivity (Wildman–Crippen MR) is 89.4 cm³/mol. The number of hydrogen-bond donors (Lipinski definition) is 0. The Morgan fingerprint density at radius 1 is 1.38 bits per heavy atom. The highest BCUT2D eigenvalue weighted by Crippen LogP contribution is 2.39. The van der Waals surface area contributed by atoms with Crippen LogP contribution in [-0.4, -0.2) is 24.9 Å². The van der Waals surface area contributed by atoms with Gasteiger partial charge in [-0.15, -0.1) is 0 Å². The number of carbonyl (C=O) groups excluding carboxylic acids is 2. The molecule has 1 heterocycles. The van der Waals surface area contributed by atoms with Crippen molar-refractivity contribution in [3.63, 3.8) is 0 Å². The number of fused-ring (bicyclic) bond motifs is 1. The number of halogens is 1. The zero-order valence-electron chi connectivity index (χ0n) is 14.1. The molecule has 1 aliphatic carbocycles. The van der Waals surface area contributed by atoms with Crippen LogP contribution in [0.4, 0.5) is 10.1 Å². The van der Waals surface area contributed by atoms with E-state index in [1.807, 2.05) is 17.9 Å². The van der Waals surface area contributed by atoms with E-state index in [-0.39, 0.29) is 23.5 Å². The van der Waals surface area contributed by atoms with Crippen LogP contribution in [0.15, 0.2) is 23.9 Å². The van der Waals surface area contributed by atoms with E-state index in [9.17, 15) is 14.0 Å². The van der Waals surface area contributed by atoms with E-state index in [2.05, 4.69) is 0 Å². The van der Waals surface area contributed by atoms with Crippen LogP contribution in [0.2, 0.25) is 0 Å². The molecule has 1 aromatic carbocycles. The van der Waals surface area contributed by atoms with Gasteiger partial charge in [0.1, 0.15) is 11.6 Å². The van der Waals surface area contributed by atoms with Gasteiger partial charge in [-0.2, -0.15) is 0 Å². The van der Waals surface area contributed by atoms with E-state index in [0.717, 1.165) is 11.3 Å². The Kier molecular flexibility index (Phi) is 4.69. The van der Waals surface area contributed by atoms with Gasteiger partial charge in [-0.1, -0.05) is 0 Å². The smallest absolute Gasteiger partial charge is 0.335 e. The van der Waals surface area contributed by atoms with Crippen LogP contribution >= 0.6 is 0 Å². The summed E-state index contributed by atoms with van der Waals surface area (Å²) in [5.74, 6) is -0.465. The average Bonchev–Trinajstić information content (AvgIpc) is 2.99. The molecule has 0 bridgehead atoms. The summed E-state index contributed by atoms with van der Waals surface area (Å²) in [4.78, 5) is 25.5. The first-order chi connectivity index (χ1) is 11.5. The minimum atomic E-state index is -0.354. The van der Waals surface area contributed by atoms with Gasteiger partial charge in [0.05, 0.1) is 12.2 Å². The zero-order chi connectivity index (χ0) is 17.3. The van der Waals surface area contributed by atoms with Crippen molar-refractivity contribution in [1.29, 1.82) is 0 Å². The van der Waals surface area contributed by atoms with Crippen molar-refractivity contribution in [1.82, 2.24) is 0 Å². The lowest BCUT2D eigenvalue weighted by atomic mass is 9.91. The fourth-order valence-electron chi connectivity index (χ4n) is 3.54. The van der Waals surface area contributed by atoms with E-state index in [1.165, 1.54) is 6.07 Å². The van der Waals surface area contributed by atoms with Crippen LogP contribution in [0.5, 0.6) is 0 Å². The minimum absolute atomic E-state index is 0.0306. The number of esters is 1. The van der Waals surface area contributed by atoms with Crippen LogP contribution in [0.3, 0.4) is 0 Å². The Labute approximate surface area is 141 Å². The lowest BCUT2D eigenvalue weighted by Gasteiger charge is -2.29. The van der Waals surface area contributed by atoms with Gasteiger partial charge in [0.2, 0.25) is 0 Å². The van der Waals surface area contributed by atoms with Gasteiger partial charge < -0.3 is 9.64 Å². The van der Waals surface area contributed by atoms with Crippen molar-refractivity contribution in [2.75, 3.05) is 18.1 Å². The Bertz CT molecular complexity index is 711. The number of anilines is 1. The molecule has 1 unspecified atom stereocenters. The molecule has 3 rings (SSSR count). The third-order valence-electron chi connectivity index (χ3n) is 4.76. The van der Waals surface area contributed by atoms with Crippen molar-refractivity contribution in [3.05, 3.63) is 40.8 Å². The van der Waals surface area contributed by atoms with Gasteiger partial charge in [-0.25, -0.2) is 9.18 Å². The number of carbonyl (C=O) groups is 2. The number of benzene rings is 1. The van der Waals surface area contributed by atoms with Crippen molar-refractivity contribution in [2.45, 2.75) is 45.4 Å². The predicted octanol–water partition coefficient (Wildman–Crippen LogP) is 3.49. The molecule has 24 heavy (non-hydrogen) atoms. The maximum atomic E-state index is 14.6. The van der Waals surface area contributed by atoms with Crippen LogP contribution < -0.4 is 4.90 Å². The molecule has 4 nitrogen and oxygen atoms in total. The fraction of sp³-hybridized carbons (Fsp3) is 0.474. The Morgan fingerprint density at radius 3 is 2.79 bits per heavy atom. The number of Topliss-reactive ketones (excluding diaryl/α,β-unsaturated/α-hetero) is 1. The molecule has 0 amide bonds. The molecule has 0 N–H and O–H groups in total.